The van der Waals surface area contributed by atoms with Crippen LogP contribution in [0.5, 0.6) is 5.75 Å². The molecule has 0 aromatic heterocycles. The third-order valence-electron chi connectivity index (χ3n) is 4.03. The minimum Gasteiger partial charge on any atom is -0.483 e. The molecule has 0 saturated heterocycles. The standard InChI is InChI=1S/C16H21ClN2O3/c1-10-4-2-3-5-13(10)19-15(20)9-22-14-8-11(17)6-7-12(14)16(18)21/h6-8,10,13H,2-5,9H2,1H3,(H2,18,21)(H,19,20)/t10-,13+/m1/s1. The van der Waals surface area contributed by atoms with Crippen LogP contribution in [0.1, 0.15) is 43.0 Å². The fourth-order valence-corrected chi connectivity index (χ4v) is 2.90. The Morgan fingerprint density at radius 1 is 1.36 bits per heavy atom. The predicted molar refractivity (Wildman–Crippen MR) is 85.0 cm³/mol. The lowest BCUT2D eigenvalue weighted by atomic mass is 9.86. The Balaban J connectivity index is 1.93. The van der Waals surface area contributed by atoms with Gasteiger partial charge in [-0.05, 0) is 37.0 Å². The van der Waals surface area contributed by atoms with Crippen LogP contribution >= 0.6 is 11.6 Å². The van der Waals surface area contributed by atoms with Gasteiger partial charge in [-0.25, -0.2) is 0 Å². The first-order valence-corrected chi connectivity index (χ1v) is 7.86. The molecule has 0 heterocycles. The van der Waals surface area contributed by atoms with Crippen molar-refractivity contribution in [2.75, 3.05) is 6.61 Å². The molecule has 1 aliphatic rings. The molecule has 1 aromatic carbocycles. The second-order valence-electron chi connectivity index (χ2n) is 5.73. The maximum absolute atomic E-state index is 12.0. The Hall–Kier alpha value is -1.75. The third-order valence-corrected chi connectivity index (χ3v) is 4.26. The number of ether oxygens (including phenoxy) is 1. The molecule has 0 spiro atoms. The Bertz CT molecular complexity index is 562. The summed E-state index contributed by atoms with van der Waals surface area (Å²) in [5, 5.41) is 3.41. The van der Waals surface area contributed by atoms with Gasteiger partial charge in [-0.2, -0.15) is 0 Å². The first kappa shape index (κ1) is 16.6. The van der Waals surface area contributed by atoms with Crippen molar-refractivity contribution in [1.82, 2.24) is 5.32 Å². The lowest BCUT2D eigenvalue weighted by Crippen LogP contribution is -2.43. The SMILES string of the molecule is C[C@@H]1CCCC[C@@H]1NC(=O)COc1cc(Cl)ccc1C(N)=O. The number of amides is 2. The van der Waals surface area contributed by atoms with Crippen molar-refractivity contribution in [3.05, 3.63) is 28.8 Å². The van der Waals surface area contributed by atoms with E-state index in [0.29, 0.717) is 10.9 Å². The molecular formula is C16H21ClN2O3. The van der Waals surface area contributed by atoms with Crippen molar-refractivity contribution >= 4 is 23.4 Å². The third kappa shape index (κ3) is 4.37. The summed E-state index contributed by atoms with van der Waals surface area (Å²) in [7, 11) is 0. The van der Waals surface area contributed by atoms with Gasteiger partial charge in [0.25, 0.3) is 11.8 Å². The van der Waals surface area contributed by atoms with Crippen molar-refractivity contribution in [3.63, 3.8) is 0 Å². The molecule has 1 aliphatic carbocycles. The van der Waals surface area contributed by atoms with Crippen LogP contribution in [-0.4, -0.2) is 24.5 Å². The van der Waals surface area contributed by atoms with Gasteiger partial charge in [0.05, 0.1) is 5.56 Å². The summed E-state index contributed by atoms with van der Waals surface area (Å²) >= 11 is 5.88. The number of nitrogens with one attached hydrogen (secondary N) is 1. The summed E-state index contributed by atoms with van der Waals surface area (Å²) in [6.07, 6.45) is 4.48. The fraction of sp³-hybridized carbons (Fsp3) is 0.500. The lowest BCUT2D eigenvalue weighted by molar-refractivity contribution is -0.124. The quantitative estimate of drug-likeness (QED) is 0.873. The Labute approximate surface area is 135 Å². The topological polar surface area (TPSA) is 81.4 Å². The highest BCUT2D eigenvalue weighted by Gasteiger charge is 2.23. The zero-order valence-corrected chi connectivity index (χ0v) is 13.4. The molecule has 1 fully saturated rings. The van der Waals surface area contributed by atoms with E-state index in [1.807, 2.05) is 0 Å². The van der Waals surface area contributed by atoms with E-state index in [0.717, 1.165) is 19.3 Å². The molecule has 0 aliphatic heterocycles. The monoisotopic (exact) mass is 324 g/mol. The van der Waals surface area contributed by atoms with Crippen LogP contribution in [0.2, 0.25) is 5.02 Å². The second-order valence-corrected chi connectivity index (χ2v) is 6.17. The summed E-state index contributed by atoms with van der Waals surface area (Å²) in [5.74, 6) is -0.112. The van der Waals surface area contributed by atoms with E-state index < -0.39 is 5.91 Å². The molecule has 6 heteroatoms. The molecule has 2 amide bonds. The first-order chi connectivity index (χ1) is 10.5. The molecule has 2 atom stereocenters. The second kappa shape index (κ2) is 7.49. The van der Waals surface area contributed by atoms with Crippen LogP contribution in [0.15, 0.2) is 18.2 Å². The zero-order valence-electron chi connectivity index (χ0n) is 12.6. The number of carbonyl (C=O) groups excluding carboxylic acids is 2. The maximum atomic E-state index is 12.0. The maximum Gasteiger partial charge on any atom is 0.258 e. The average Bonchev–Trinajstić information content (AvgIpc) is 2.47. The number of halogens is 1. The number of hydrogen-bond acceptors (Lipinski definition) is 3. The van der Waals surface area contributed by atoms with Crippen molar-refractivity contribution in [2.24, 2.45) is 11.7 Å². The summed E-state index contributed by atoms with van der Waals surface area (Å²) in [6.45, 7) is 1.98. The van der Waals surface area contributed by atoms with Crippen molar-refractivity contribution in [1.29, 1.82) is 0 Å². The van der Waals surface area contributed by atoms with Gasteiger partial charge in [-0.15, -0.1) is 0 Å². The zero-order chi connectivity index (χ0) is 16.1. The Morgan fingerprint density at radius 3 is 2.77 bits per heavy atom. The fourth-order valence-electron chi connectivity index (χ4n) is 2.74. The number of rotatable bonds is 5. The molecule has 1 saturated carbocycles. The van der Waals surface area contributed by atoms with E-state index >= 15 is 0 Å². The molecule has 0 radical (unpaired) electrons. The van der Waals surface area contributed by atoms with Crippen molar-refractivity contribution in [3.8, 4) is 5.75 Å². The lowest BCUT2D eigenvalue weighted by Gasteiger charge is -2.29. The highest BCUT2D eigenvalue weighted by molar-refractivity contribution is 6.30. The van der Waals surface area contributed by atoms with Crippen LogP contribution in [0, 0.1) is 5.92 Å². The van der Waals surface area contributed by atoms with Gasteiger partial charge in [0.15, 0.2) is 6.61 Å². The van der Waals surface area contributed by atoms with Gasteiger partial charge in [0.2, 0.25) is 0 Å². The molecule has 22 heavy (non-hydrogen) atoms. The van der Waals surface area contributed by atoms with E-state index in [9.17, 15) is 9.59 Å². The van der Waals surface area contributed by atoms with Crippen LogP contribution in [0.25, 0.3) is 0 Å². The Kier molecular flexibility index (Phi) is 5.66. The molecule has 5 nitrogen and oxygen atoms in total. The van der Waals surface area contributed by atoms with Gasteiger partial charge in [0.1, 0.15) is 5.75 Å². The number of carbonyl (C=O) groups is 2. The molecule has 3 N–H and O–H groups in total. The van der Waals surface area contributed by atoms with E-state index in [2.05, 4.69) is 12.2 Å². The highest BCUT2D eigenvalue weighted by Crippen LogP contribution is 2.24. The summed E-state index contributed by atoms with van der Waals surface area (Å²) < 4.78 is 5.42. The minimum absolute atomic E-state index is 0.163. The van der Waals surface area contributed by atoms with Crippen LogP contribution in [0.3, 0.4) is 0 Å². The molecule has 1 aromatic rings. The van der Waals surface area contributed by atoms with Crippen molar-refractivity contribution < 1.29 is 14.3 Å². The molecular weight excluding hydrogens is 304 g/mol. The van der Waals surface area contributed by atoms with Gasteiger partial charge in [0, 0.05) is 11.1 Å². The largest absolute Gasteiger partial charge is 0.483 e. The number of primary amides is 1. The summed E-state index contributed by atoms with van der Waals surface area (Å²) in [6, 6.07) is 4.72. The first-order valence-electron chi connectivity index (χ1n) is 7.49. The Morgan fingerprint density at radius 2 is 2.09 bits per heavy atom. The average molecular weight is 325 g/mol. The number of hydrogen-bond donors (Lipinski definition) is 2. The molecule has 0 unspecified atom stereocenters. The smallest absolute Gasteiger partial charge is 0.258 e. The van der Waals surface area contributed by atoms with Crippen LogP contribution in [0.4, 0.5) is 0 Å². The van der Waals surface area contributed by atoms with Gasteiger partial charge in [-0.3, -0.25) is 9.59 Å². The van der Waals surface area contributed by atoms with E-state index in [4.69, 9.17) is 22.1 Å². The normalized spacial score (nSPS) is 21.2. The summed E-state index contributed by atoms with van der Waals surface area (Å²) in [4.78, 5) is 23.3. The van der Waals surface area contributed by atoms with E-state index in [1.165, 1.54) is 18.6 Å². The van der Waals surface area contributed by atoms with Gasteiger partial charge in [-0.1, -0.05) is 31.4 Å². The highest BCUT2D eigenvalue weighted by atomic mass is 35.5. The van der Waals surface area contributed by atoms with E-state index in [-0.39, 0.29) is 29.9 Å². The predicted octanol–water partition coefficient (Wildman–Crippen LogP) is 2.51. The molecule has 2 rings (SSSR count). The summed E-state index contributed by atoms with van der Waals surface area (Å²) in [5.41, 5.74) is 5.49. The van der Waals surface area contributed by atoms with E-state index in [1.54, 1.807) is 6.07 Å². The van der Waals surface area contributed by atoms with Crippen LogP contribution in [-0.2, 0) is 4.79 Å². The van der Waals surface area contributed by atoms with Crippen LogP contribution < -0.4 is 15.8 Å². The van der Waals surface area contributed by atoms with Gasteiger partial charge < -0.3 is 15.8 Å². The molecule has 0 bridgehead atoms. The van der Waals surface area contributed by atoms with Gasteiger partial charge >= 0.3 is 0 Å². The minimum atomic E-state index is -0.618. The van der Waals surface area contributed by atoms with Crippen molar-refractivity contribution in [2.45, 2.75) is 38.6 Å². The number of nitrogens with two attached hydrogens (primary N) is 1. The number of benzene rings is 1. The molecule has 120 valence electrons.